The first kappa shape index (κ1) is 21.3. The Morgan fingerprint density at radius 2 is 1.74 bits per heavy atom. The van der Waals surface area contributed by atoms with E-state index in [9.17, 15) is 34.8 Å². The van der Waals surface area contributed by atoms with Crippen molar-refractivity contribution >= 4 is 21.4 Å². The van der Waals surface area contributed by atoms with Crippen molar-refractivity contribution in [3.8, 4) is 0 Å². The number of alkyl halides is 6. The second kappa shape index (κ2) is 7.56. The van der Waals surface area contributed by atoms with Crippen LogP contribution in [0.5, 0.6) is 0 Å². The minimum atomic E-state index is -5.91. The van der Waals surface area contributed by atoms with Gasteiger partial charge >= 0.3 is 21.7 Å². The van der Waals surface area contributed by atoms with Crippen LogP contribution < -0.4 is 4.72 Å². The number of nitrogens with zero attached hydrogens (tertiary/aromatic N) is 1. The zero-order valence-electron chi connectivity index (χ0n) is 14.0. The third-order valence-electron chi connectivity index (χ3n) is 3.93. The highest BCUT2D eigenvalue weighted by Crippen LogP contribution is 2.34. The second-order valence-corrected chi connectivity index (χ2v) is 7.67. The van der Waals surface area contributed by atoms with Gasteiger partial charge in [-0.3, -0.25) is 4.72 Å². The first-order valence-corrected chi connectivity index (χ1v) is 9.31. The van der Waals surface area contributed by atoms with Gasteiger partial charge in [-0.05, 0) is 44.7 Å². The van der Waals surface area contributed by atoms with Crippen LogP contribution in [-0.2, 0) is 21.0 Å². The molecule has 1 aromatic rings. The summed E-state index contributed by atoms with van der Waals surface area (Å²) in [5.74, 6) is 0. The van der Waals surface area contributed by atoms with Gasteiger partial charge in [-0.1, -0.05) is 11.2 Å². The van der Waals surface area contributed by atoms with Crippen LogP contribution in [0.2, 0.25) is 0 Å². The predicted molar refractivity (Wildman–Crippen MR) is 85.6 cm³/mol. The van der Waals surface area contributed by atoms with E-state index >= 15 is 0 Å². The van der Waals surface area contributed by atoms with Gasteiger partial charge in [0, 0.05) is 5.56 Å². The fourth-order valence-corrected chi connectivity index (χ4v) is 3.09. The van der Waals surface area contributed by atoms with Crippen LogP contribution >= 0.6 is 0 Å². The minimum Gasteiger partial charge on any atom is -0.392 e. The van der Waals surface area contributed by atoms with Crippen molar-refractivity contribution in [3.63, 3.8) is 0 Å². The molecule has 1 aromatic carbocycles. The quantitative estimate of drug-likeness (QED) is 0.430. The van der Waals surface area contributed by atoms with E-state index in [4.69, 9.17) is 4.84 Å². The lowest BCUT2D eigenvalue weighted by atomic mass is 10.1. The number of benzene rings is 1. The Bertz CT molecular complexity index is 812. The molecule has 2 rings (SSSR count). The van der Waals surface area contributed by atoms with Crippen molar-refractivity contribution in [2.75, 3.05) is 4.72 Å². The summed E-state index contributed by atoms with van der Waals surface area (Å²) in [5.41, 5.74) is -8.21. The molecule has 0 atom stereocenters. The molecule has 1 aliphatic rings. The lowest BCUT2D eigenvalue weighted by molar-refractivity contribution is -0.137. The largest absolute Gasteiger partial charge is 0.516 e. The normalized spacial score (nSPS) is 17.2. The van der Waals surface area contributed by atoms with E-state index in [1.807, 2.05) is 0 Å². The van der Waals surface area contributed by atoms with Gasteiger partial charge in [-0.15, -0.1) is 0 Å². The van der Waals surface area contributed by atoms with E-state index in [1.54, 1.807) is 0 Å². The average molecular weight is 418 g/mol. The maximum Gasteiger partial charge on any atom is 0.516 e. The summed E-state index contributed by atoms with van der Waals surface area (Å²) in [7, 11) is -5.91. The highest BCUT2D eigenvalue weighted by molar-refractivity contribution is 7.93. The number of sulfonamides is 1. The van der Waals surface area contributed by atoms with Crippen LogP contribution in [0, 0.1) is 0 Å². The highest BCUT2D eigenvalue weighted by atomic mass is 32.2. The van der Waals surface area contributed by atoms with Gasteiger partial charge in [0.2, 0.25) is 0 Å². The molecule has 0 aromatic heterocycles. The molecule has 0 unspecified atom stereocenters. The fraction of sp³-hybridized carbons (Fsp3) is 0.533. The molecular weight excluding hydrogens is 402 g/mol. The van der Waals surface area contributed by atoms with Crippen molar-refractivity contribution in [2.45, 2.75) is 50.4 Å². The summed E-state index contributed by atoms with van der Waals surface area (Å²) in [6, 6.07) is 1.75. The molecule has 1 fully saturated rings. The maximum atomic E-state index is 12.9. The lowest BCUT2D eigenvalue weighted by Crippen LogP contribution is -2.30. The van der Waals surface area contributed by atoms with Crippen LogP contribution in [0.15, 0.2) is 23.4 Å². The molecule has 1 N–H and O–H groups in total. The van der Waals surface area contributed by atoms with Gasteiger partial charge in [0.1, 0.15) is 6.10 Å². The fourth-order valence-electron chi connectivity index (χ4n) is 2.52. The standard InChI is InChI=1S/C15H16F6N2O3S/c1-9(22-26-11-4-2-3-5-11)12-7-6-10(14(16,17)18)8-13(12)23-27(24,25)15(19,20)21/h6-8,11,23H,2-5H2,1H3. The van der Waals surface area contributed by atoms with E-state index < -0.39 is 33.0 Å². The predicted octanol–water partition coefficient (Wildman–Crippen LogP) is 4.65. The molecule has 27 heavy (non-hydrogen) atoms. The van der Waals surface area contributed by atoms with Crippen LogP contribution in [0.1, 0.15) is 43.7 Å². The zero-order chi connectivity index (χ0) is 20.5. The summed E-state index contributed by atoms with van der Waals surface area (Å²) >= 11 is 0. The molecule has 0 amide bonds. The Morgan fingerprint density at radius 3 is 2.26 bits per heavy atom. The maximum absolute atomic E-state index is 12.9. The van der Waals surface area contributed by atoms with Gasteiger partial charge in [0.25, 0.3) is 0 Å². The van der Waals surface area contributed by atoms with E-state index in [2.05, 4.69) is 5.16 Å². The first-order valence-electron chi connectivity index (χ1n) is 7.82. The lowest BCUT2D eigenvalue weighted by Gasteiger charge is -2.16. The van der Waals surface area contributed by atoms with E-state index in [0.29, 0.717) is 6.07 Å². The Kier molecular flexibility index (Phi) is 5.97. The number of hydrogen-bond donors (Lipinski definition) is 1. The number of hydrogen-bond acceptors (Lipinski definition) is 4. The van der Waals surface area contributed by atoms with Crippen molar-refractivity contribution in [1.29, 1.82) is 0 Å². The Morgan fingerprint density at radius 1 is 1.15 bits per heavy atom. The van der Waals surface area contributed by atoms with Crippen molar-refractivity contribution < 1.29 is 39.6 Å². The van der Waals surface area contributed by atoms with E-state index in [1.165, 1.54) is 6.92 Å². The molecule has 0 heterocycles. The zero-order valence-corrected chi connectivity index (χ0v) is 14.8. The average Bonchev–Trinajstić information content (AvgIpc) is 3.03. The number of halogens is 6. The van der Waals surface area contributed by atoms with Crippen LogP contribution in [-0.4, -0.2) is 25.7 Å². The second-order valence-electron chi connectivity index (χ2n) is 6.00. The molecule has 0 radical (unpaired) electrons. The van der Waals surface area contributed by atoms with Crippen LogP contribution in [0.4, 0.5) is 32.0 Å². The summed E-state index contributed by atoms with van der Waals surface area (Å²) in [6.07, 6.45) is -1.74. The third-order valence-corrected chi connectivity index (χ3v) is 5.02. The molecule has 152 valence electrons. The summed E-state index contributed by atoms with van der Waals surface area (Å²) in [5, 5.41) is 3.74. The van der Waals surface area contributed by atoms with Crippen molar-refractivity contribution in [1.82, 2.24) is 0 Å². The monoisotopic (exact) mass is 418 g/mol. The molecule has 1 saturated carbocycles. The summed E-state index contributed by atoms with van der Waals surface area (Å²) in [6.45, 7) is 1.29. The summed E-state index contributed by atoms with van der Waals surface area (Å²) in [4.78, 5) is 5.24. The van der Waals surface area contributed by atoms with Gasteiger partial charge in [0.05, 0.1) is 17.0 Å². The number of anilines is 1. The van der Waals surface area contributed by atoms with Crippen LogP contribution in [0.3, 0.4) is 0 Å². The number of oxime groups is 1. The molecule has 12 heteroatoms. The molecule has 0 aliphatic heterocycles. The summed E-state index contributed by atoms with van der Waals surface area (Å²) < 4.78 is 100. The minimum absolute atomic E-state index is 0.0597. The van der Waals surface area contributed by atoms with Crippen LogP contribution in [0.25, 0.3) is 0 Å². The molecule has 5 nitrogen and oxygen atoms in total. The molecule has 0 bridgehead atoms. The van der Waals surface area contributed by atoms with Gasteiger partial charge in [-0.25, -0.2) is 0 Å². The SMILES string of the molecule is CC(=NOC1CCCC1)c1ccc(C(F)(F)F)cc1NS(=O)(=O)C(F)(F)F. The van der Waals surface area contributed by atoms with E-state index in [0.717, 1.165) is 36.5 Å². The smallest absolute Gasteiger partial charge is 0.392 e. The Balaban J connectivity index is 2.42. The Hall–Kier alpha value is -1.98. The highest BCUT2D eigenvalue weighted by Gasteiger charge is 2.46. The molecule has 0 spiro atoms. The van der Waals surface area contributed by atoms with Gasteiger partial charge < -0.3 is 4.84 Å². The van der Waals surface area contributed by atoms with Gasteiger partial charge in [0.15, 0.2) is 0 Å². The van der Waals surface area contributed by atoms with Crippen molar-refractivity contribution in [2.24, 2.45) is 5.16 Å². The van der Waals surface area contributed by atoms with Crippen molar-refractivity contribution in [3.05, 3.63) is 29.3 Å². The Labute approximate surface area is 151 Å². The molecular formula is C15H16F6N2O3S. The number of rotatable bonds is 5. The third kappa shape index (κ3) is 5.27. The molecule has 0 saturated heterocycles. The van der Waals surface area contributed by atoms with E-state index in [-0.39, 0.29) is 23.4 Å². The van der Waals surface area contributed by atoms with Gasteiger partial charge in [-0.2, -0.15) is 34.8 Å². The topological polar surface area (TPSA) is 67.8 Å². The number of nitrogens with one attached hydrogen (secondary N) is 1. The first-order chi connectivity index (χ1) is 12.3. The molecule has 1 aliphatic carbocycles.